The van der Waals surface area contributed by atoms with Gasteiger partial charge in [0.15, 0.2) is 17.3 Å². The van der Waals surface area contributed by atoms with Crippen molar-refractivity contribution in [2.24, 2.45) is 11.3 Å². The van der Waals surface area contributed by atoms with Crippen molar-refractivity contribution in [3.05, 3.63) is 16.7 Å². The highest BCUT2D eigenvalue weighted by atomic mass is 16.3. The lowest BCUT2D eigenvalue weighted by Crippen LogP contribution is -2.49. The Labute approximate surface area is 148 Å². The third-order valence-corrected chi connectivity index (χ3v) is 6.49. The van der Waals surface area contributed by atoms with Crippen molar-refractivity contribution >= 4 is 5.78 Å². The Kier molecular flexibility index (Phi) is 4.06. The van der Waals surface area contributed by atoms with Gasteiger partial charge < -0.3 is 20.4 Å². The number of ketones is 1. The van der Waals surface area contributed by atoms with Crippen molar-refractivity contribution in [3.8, 4) is 17.2 Å². The molecule has 138 valence electrons. The number of Topliss-reactive ketones (excluding diaryl/α,β-unsaturated/α-hetero) is 1. The highest BCUT2D eigenvalue weighted by Crippen LogP contribution is 2.61. The van der Waals surface area contributed by atoms with E-state index in [0.29, 0.717) is 12.0 Å². The first-order chi connectivity index (χ1) is 11.5. The third kappa shape index (κ3) is 2.51. The molecule has 25 heavy (non-hydrogen) atoms. The van der Waals surface area contributed by atoms with E-state index in [9.17, 15) is 25.2 Å². The molecule has 2 aliphatic rings. The number of phenolic OH excluding ortho intramolecular Hbond substituents is 3. The van der Waals surface area contributed by atoms with Crippen LogP contribution in [0.3, 0.4) is 0 Å². The Morgan fingerprint density at radius 1 is 1.08 bits per heavy atom. The van der Waals surface area contributed by atoms with Gasteiger partial charge in [-0.15, -0.1) is 0 Å². The summed E-state index contributed by atoms with van der Waals surface area (Å²) in [5.41, 5.74) is 0.00830. The molecule has 1 aromatic carbocycles. The Bertz CT molecular complexity index is 734. The van der Waals surface area contributed by atoms with Gasteiger partial charge >= 0.3 is 0 Å². The van der Waals surface area contributed by atoms with Crippen molar-refractivity contribution < 1.29 is 25.2 Å². The molecule has 0 radical (unpaired) electrons. The van der Waals surface area contributed by atoms with Crippen molar-refractivity contribution in [2.45, 2.75) is 71.3 Å². The summed E-state index contributed by atoms with van der Waals surface area (Å²) in [6.45, 7) is 7.84. The second-order valence-electron chi connectivity index (χ2n) is 8.77. The largest absolute Gasteiger partial charge is 0.507 e. The summed E-state index contributed by atoms with van der Waals surface area (Å²) in [5, 5.41) is 41.6. The minimum Gasteiger partial charge on any atom is -0.507 e. The maximum atomic E-state index is 12.9. The minimum absolute atomic E-state index is 0.0303. The Morgan fingerprint density at radius 3 is 2.32 bits per heavy atom. The molecule has 0 spiro atoms. The van der Waals surface area contributed by atoms with E-state index in [1.165, 1.54) is 6.92 Å². The van der Waals surface area contributed by atoms with Gasteiger partial charge in [0, 0.05) is 29.4 Å². The summed E-state index contributed by atoms with van der Waals surface area (Å²) in [6, 6.07) is 0. The van der Waals surface area contributed by atoms with Crippen molar-refractivity contribution in [3.63, 3.8) is 0 Å². The summed E-state index contributed by atoms with van der Waals surface area (Å²) in [4.78, 5) is 12.9. The fourth-order valence-electron chi connectivity index (χ4n) is 5.29. The van der Waals surface area contributed by atoms with Crippen molar-refractivity contribution in [1.82, 2.24) is 0 Å². The molecule has 0 saturated heterocycles. The van der Waals surface area contributed by atoms with Gasteiger partial charge in [-0.25, -0.2) is 0 Å². The summed E-state index contributed by atoms with van der Waals surface area (Å²) in [7, 11) is 0. The van der Waals surface area contributed by atoms with Crippen molar-refractivity contribution in [1.29, 1.82) is 0 Å². The zero-order chi connectivity index (χ0) is 18.7. The minimum atomic E-state index is -0.815. The molecule has 3 atom stereocenters. The molecule has 2 aliphatic carbocycles. The molecular weight excluding hydrogens is 320 g/mol. The molecule has 5 heteroatoms. The molecule has 0 aliphatic heterocycles. The van der Waals surface area contributed by atoms with E-state index in [4.69, 9.17) is 0 Å². The molecule has 0 aromatic heterocycles. The van der Waals surface area contributed by atoms with Crippen LogP contribution in [-0.4, -0.2) is 32.3 Å². The average molecular weight is 348 g/mol. The van der Waals surface area contributed by atoms with Crippen molar-refractivity contribution in [2.75, 3.05) is 0 Å². The van der Waals surface area contributed by atoms with Crippen LogP contribution in [0.15, 0.2) is 0 Å². The number of phenols is 3. The van der Waals surface area contributed by atoms with E-state index in [1.54, 1.807) is 0 Å². The van der Waals surface area contributed by atoms with Gasteiger partial charge in [0.2, 0.25) is 0 Å². The van der Waals surface area contributed by atoms with E-state index in [0.717, 1.165) is 19.3 Å². The monoisotopic (exact) mass is 348 g/mol. The second kappa shape index (κ2) is 5.63. The number of rotatable bonds is 2. The second-order valence-corrected chi connectivity index (χ2v) is 8.77. The van der Waals surface area contributed by atoms with Gasteiger partial charge in [-0.1, -0.05) is 27.2 Å². The fraction of sp³-hybridized carbons (Fsp3) is 0.650. The van der Waals surface area contributed by atoms with Crippen LogP contribution < -0.4 is 0 Å². The lowest BCUT2D eigenvalue weighted by Gasteiger charge is -2.53. The number of carbonyl (C=O) groups excluding carboxylic acids is 1. The zero-order valence-electron chi connectivity index (χ0n) is 15.4. The predicted molar refractivity (Wildman–Crippen MR) is 94.2 cm³/mol. The molecule has 1 aromatic rings. The topological polar surface area (TPSA) is 98.0 Å². The predicted octanol–water partition coefficient (Wildman–Crippen LogP) is 3.40. The SMILES string of the molecule is CC(O)Cc1c(O)c(O)c2c(c1O)C(=O)CC1C(C)(C)CCC[C@]21C. The fourth-order valence-corrected chi connectivity index (χ4v) is 5.29. The summed E-state index contributed by atoms with van der Waals surface area (Å²) in [6.07, 6.45) is 2.24. The number of benzene rings is 1. The standard InChI is InChI=1S/C20H28O5/c1-10(21)8-11-16(23)14-12(22)9-13-19(2,3)6-5-7-20(13,4)15(14)18(25)17(11)24/h10,13,21,23-25H,5-9H2,1-4H3/t10?,13?,20-/m0/s1. The average Bonchev–Trinajstić information content (AvgIpc) is 2.49. The Hall–Kier alpha value is -1.75. The number of hydrogen-bond donors (Lipinski definition) is 4. The van der Waals surface area contributed by atoms with E-state index in [1.807, 2.05) is 6.92 Å². The third-order valence-electron chi connectivity index (χ3n) is 6.49. The molecule has 0 bridgehead atoms. The highest BCUT2D eigenvalue weighted by Gasteiger charge is 2.54. The van der Waals surface area contributed by atoms with Crippen LogP contribution in [-0.2, 0) is 11.8 Å². The first kappa shape index (κ1) is 18.1. The quantitative estimate of drug-likeness (QED) is 0.485. The lowest BCUT2D eigenvalue weighted by molar-refractivity contribution is 0.0350. The first-order valence-electron chi connectivity index (χ1n) is 9.02. The number of aromatic hydroxyl groups is 3. The number of carbonyl (C=O) groups is 1. The molecule has 3 rings (SSSR count). The maximum Gasteiger partial charge on any atom is 0.167 e. The Balaban J connectivity index is 2.29. The summed E-state index contributed by atoms with van der Waals surface area (Å²) in [5.74, 6) is -1.19. The van der Waals surface area contributed by atoms with Crippen LogP contribution in [0.25, 0.3) is 0 Å². The smallest absolute Gasteiger partial charge is 0.167 e. The maximum absolute atomic E-state index is 12.9. The zero-order valence-corrected chi connectivity index (χ0v) is 15.4. The number of fused-ring (bicyclic) bond motifs is 3. The Morgan fingerprint density at radius 2 is 1.72 bits per heavy atom. The lowest BCUT2D eigenvalue weighted by atomic mass is 9.50. The van der Waals surface area contributed by atoms with Crippen LogP contribution in [0.2, 0.25) is 0 Å². The van der Waals surface area contributed by atoms with E-state index in [2.05, 4.69) is 13.8 Å². The molecule has 0 heterocycles. The van der Waals surface area contributed by atoms with Gasteiger partial charge in [-0.3, -0.25) is 4.79 Å². The molecule has 5 nitrogen and oxygen atoms in total. The van der Waals surface area contributed by atoms with Gasteiger partial charge in [-0.05, 0) is 31.1 Å². The molecule has 1 fully saturated rings. The normalized spacial score (nSPS) is 29.0. The number of aliphatic hydroxyl groups excluding tert-OH is 1. The van der Waals surface area contributed by atoms with Crippen LogP contribution in [0.1, 0.15) is 74.9 Å². The van der Waals surface area contributed by atoms with Crippen LogP contribution in [0.5, 0.6) is 17.2 Å². The van der Waals surface area contributed by atoms with E-state index >= 15 is 0 Å². The van der Waals surface area contributed by atoms with Gasteiger partial charge in [0.1, 0.15) is 5.75 Å². The summed E-state index contributed by atoms with van der Waals surface area (Å²) >= 11 is 0. The van der Waals surface area contributed by atoms with Crippen LogP contribution in [0, 0.1) is 11.3 Å². The van der Waals surface area contributed by atoms with Crippen LogP contribution in [0.4, 0.5) is 0 Å². The molecule has 1 saturated carbocycles. The molecule has 0 amide bonds. The van der Waals surface area contributed by atoms with Gasteiger partial charge in [-0.2, -0.15) is 0 Å². The van der Waals surface area contributed by atoms with Gasteiger partial charge in [0.25, 0.3) is 0 Å². The van der Waals surface area contributed by atoms with Gasteiger partial charge in [0.05, 0.1) is 11.7 Å². The molecule has 2 unspecified atom stereocenters. The first-order valence-corrected chi connectivity index (χ1v) is 9.02. The molecule has 4 N–H and O–H groups in total. The van der Waals surface area contributed by atoms with E-state index < -0.39 is 17.3 Å². The van der Waals surface area contributed by atoms with E-state index in [-0.39, 0.29) is 46.2 Å². The summed E-state index contributed by atoms with van der Waals surface area (Å²) < 4.78 is 0. The number of aliphatic hydroxyl groups is 1. The number of hydrogen-bond acceptors (Lipinski definition) is 5. The molecular formula is C20H28O5. The van der Waals surface area contributed by atoms with Crippen LogP contribution >= 0.6 is 0 Å². The highest BCUT2D eigenvalue weighted by molar-refractivity contribution is 6.03.